The van der Waals surface area contributed by atoms with Gasteiger partial charge in [0, 0.05) is 24.8 Å². The molecule has 0 amide bonds. The molecule has 0 bridgehead atoms. The van der Waals surface area contributed by atoms with Crippen LogP contribution in [0.1, 0.15) is 30.5 Å². The SMILES string of the molecule is CC(=O)Oc1c(Cl)c(C=C(c2ccccc2)c2ccccc2)c2ccccc2c1OC(C)=O. The van der Waals surface area contributed by atoms with Gasteiger partial charge in [-0.3, -0.25) is 9.59 Å². The Morgan fingerprint density at radius 1 is 0.667 bits per heavy atom. The Kier molecular flexibility index (Phi) is 6.57. The summed E-state index contributed by atoms with van der Waals surface area (Å²) in [5.41, 5.74) is 3.60. The number of rotatable bonds is 5. The molecule has 0 N–H and O–H groups in total. The first-order valence-corrected chi connectivity index (χ1v) is 10.8. The number of carbonyl (C=O) groups excluding carboxylic acids is 2. The van der Waals surface area contributed by atoms with E-state index >= 15 is 0 Å². The average molecular weight is 457 g/mol. The number of ether oxygens (including phenoxy) is 2. The highest BCUT2D eigenvalue weighted by Gasteiger charge is 2.23. The van der Waals surface area contributed by atoms with E-state index in [0.29, 0.717) is 10.9 Å². The molecule has 0 radical (unpaired) electrons. The fourth-order valence-electron chi connectivity index (χ4n) is 3.71. The van der Waals surface area contributed by atoms with Crippen LogP contribution in [-0.2, 0) is 9.59 Å². The summed E-state index contributed by atoms with van der Waals surface area (Å²) in [6, 6.07) is 27.3. The van der Waals surface area contributed by atoms with Crippen LogP contribution < -0.4 is 9.47 Å². The van der Waals surface area contributed by atoms with Crippen molar-refractivity contribution in [1.29, 1.82) is 0 Å². The van der Waals surface area contributed by atoms with Crippen molar-refractivity contribution in [2.75, 3.05) is 0 Å². The van der Waals surface area contributed by atoms with E-state index in [-0.39, 0.29) is 16.5 Å². The van der Waals surface area contributed by atoms with Crippen LogP contribution in [0.4, 0.5) is 0 Å². The molecule has 0 aromatic heterocycles. The lowest BCUT2D eigenvalue weighted by molar-refractivity contribution is -0.134. The minimum atomic E-state index is -0.568. The van der Waals surface area contributed by atoms with Crippen molar-refractivity contribution in [3.05, 3.63) is 107 Å². The number of hydrogen-bond acceptors (Lipinski definition) is 4. The van der Waals surface area contributed by atoms with Gasteiger partial charge in [0.2, 0.25) is 0 Å². The molecule has 0 aliphatic rings. The standard InChI is InChI=1S/C28H21ClO4/c1-18(30)32-27-23-16-10-9-15-22(23)25(26(29)28(27)33-19(2)31)17-24(20-11-5-3-6-12-20)21-13-7-4-8-14-21/h3-17H,1-2H3. The topological polar surface area (TPSA) is 52.6 Å². The third-order valence-corrected chi connectivity index (χ3v) is 5.43. The third kappa shape index (κ3) is 4.81. The first-order chi connectivity index (χ1) is 16.0. The van der Waals surface area contributed by atoms with Crippen LogP contribution in [0.5, 0.6) is 11.5 Å². The van der Waals surface area contributed by atoms with Crippen molar-refractivity contribution in [3.8, 4) is 11.5 Å². The second kappa shape index (κ2) is 9.72. The van der Waals surface area contributed by atoms with E-state index in [0.717, 1.165) is 22.1 Å². The maximum atomic E-state index is 11.9. The van der Waals surface area contributed by atoms with Gasteiger partial charge < -0.3 is 9.47 Å². The highest BCUT2D eigenvalue weighted by atomic mass is 35.5. The highest BCUT2D eigenvalue weighted by molar-refractivity contribution is 6.36. The number of benzene rings is 4. The monoisotopic (exact) mass is 456 g/mol. The van der Waals surface area contributed by atoms with Gasteiger partial charge in [-0.25, -0.2) is 0 Å². The Morgan fingerprint density at radius 3 is 1.64 bits per heavy atom. The number of halogens is 1. The van der Waals surface area contributed by atoms with Crippen molar-refractivity contribution in [2.45, 2.75) is 13.8 Å². The van der Waals surface area contributed by atoms with Gasteiger partial charge in [-0.15, -0.1) is 0 Å². The number of carbonyl (C=O) groups is 2. The van der Waals surface area contributed by atoms with Crippen LogP contribution in [-0.4, -0.2) is 11.9 Å². The molecular weight excluding hydrogens is 436 g/mol. The van der Waals surface area contributed by atoms with Gasteiger partial charge in [0.15, 0.2) is 11.5 Å². The van der Waals surface area contributed by atoms with Crippen LogP contribution in [0.3, 0.4) is 0 Å². The van der Waals surface area contributed by atoms with Crippen molar-refractivity contribution in [3.63, 3.8) is 0 Å². The quantitative estimate of drug-likeness (QED) is 0.185. The molecule has 0 aliphatic heterocycles. The molecule has 0 fully saturated rings. The van der Waals surface area contributed by atoms with Gasteiger partial charge in [0.25, 0.3) is 0 Å². The minimum absolute atomic E-state index is 0.0183. The van der Waals surface area contributed by atoms with E-state index in [4.69, 9.17) is 21.1 Å². The fraction of sp³-hybridized carbons (Fsp3) is 0.0714. The lowest BCUT2D eigenvalue weighted by Gasteiger charge is -2.17. The number of esters is 2. The molecule has 4 nitrogen and oxygen atoms in total. The van der Waals surface area contributed by atoms with Crippen LogP contribution in [0.15, 0.2) is 84.9 Å². The van der Waals surface area contributed by atoms with E-state index in [1.54, 1.807) is 6.07 Å². The minimum Gasteiger partial charge on any atom is -0.422 e. The zero-order valence-corrected chi connectivity index (χ0v) is 18.9. The highest BCUT2D eigenvalue weighted by Crippen LogP contribution is 2.46. The van der Waals surface area contributed by atoms with Gasteiger partial charge in [-0.05, 0) is 28.2 Å². The molecular formula is C28H21ClO4. The van der Waals surface area contributed by atoms with Crippen LogP contribution in [0, 0.1) is 0 Å². The second-order valence-electron chi connectivity index (χ2n) is 7.41. The zero-order valence-electron chi connectivity index (χ0n) is 18.2. The van der Waals surface area contributed by atoms with Gasteiger partial charge in [0.1, 0.15) is 0 Å². The van der Waals surface area contributed by atoms with E-state index in [2.05, 4.69) is 0 Å². The molecule has 0 spiro atoms. The molecule has 4 aromatic rings. The van der Waals surface area contributed by atoms with E-state index in [9.17, 15) is 9.59 Å². The first kappa shape index (κ1) is 22.3. The lowest BCUT2D eigenvalue weighted by Crippen LogP contribution is -2.09. The molecule has 0 atom stereocenters. The van der Waals surface area contributed by atoms with Gasteiger partial charge in [-0.1, -0.05) is 96.5 Å². The lowest BCUT2D eigenvalue weighted by atomic mass is 9.93. The predicted octanol–water partition coefficient (Wildman–Crippen LogP) is 6.93. The Bertz CT molecular complexity index is 1320. The summed E-state index contributed by atoms with van der Waals surface area (Å²) in [5.74, 6) is -0.967. The number of fused-ring (bicyclic) bond motifs is 1. The van der Waals surface area contributed by atoms with Crippen LogP contribution in [0.25, 0.3) is 22.4 Å². The fourth-order valence-corrected chi connectivity index (χ4v) is 3.99. The van der Waals surface area contributed by atoms with Crippen molar-refractivity contribution in [1.82, 2.24) is 0 Å². The molecule has 0 aliphatic carbocycles. The maximum Gasteiger partial charge on any atom is 0.308 e. The molecule has 4 aromatic carbocycles. The third-order valence-electron chi connectivity index (χ3n) is 5.05. The summed E-state index contributed by atoms with van der Waals surface area (Å²) >= 11 is 6.83. The molecule has 0 saturated carbocycles. The summed E-state index contributed by atoms with van der Waals surface area (Å²) in [7, 11) is 0. The van der Waals surface area contributed by atoms with Crippen LogP contribution in [0.2, 0.25) is 5.02 Å². The summed E-state index contributed by atoms with van der Waals surface area (Å²) in [6.45, 7) is 2.56. The van der Waals surface area contributed by atoms with Crippen molar-refractivity contribution in [2.24, 2.45) is 0 Å². The molecule has 164 valence electrons. The zero-order chi connectivity index (χ0) is 23.4. The van der Waals surface area contributed by atoms with E-state index in [1.807, 2.05) is 84.9 Å². The van der Waals surface area contributed by atoms with E-state index < -0.39 is 11.9 Å². The molecule has 0 saturated heterocycles. The predicted molar refractivity (Wildman–Crippen MR) is 131 cm³/mol. The first-order valence-electron chi connectivity index (χ1n) is 10.4. The largest absolute Gasteiger partial charge is 0.422 e. The van der Waals surface area contributed by atoms with Gasteiger partial charge in [-0.2, -0.15) is 0 Å². The molecule has 0 unspecified atom stereocenters. The molecule has 0 heterocycles. The average Bonchev–Trinajstić information content (AvgIpc) is 2.82. The Labute approximate surface area is 197 Å². The Balaban J connectivity index is 2.07. The van der Waals surface area contributed by atoms with Crippen LogP contribution >= 0.6 is 11.6 Å². The maximum absolute atomic E-state index is 11.9. The Hall–Kier alpha value is -3.89. The normalized spacial score (nSPS) is 10.5. The smallest absolute Gasteiger partial charge is 0.308 e. The van der Waals surface area contributed by atoms with Gasteiger partial charge in [0.05, 0.1) is 5.02 Å². The Morgan fingerprint density at radius 2 is 1.12 bits per heavy atom. The summed E-state index contributed by atoms with van der Waals surface area (Å²) in [6.07, 6.45) is 1.97. The van der Waals surface area contributed by atoms with Crippen molar-refractivity contribution < 1.29 is 19.1 Å². The van der Waals surface area contributed by atoms with Crippen molar-refractivity contribution >= 4 is 46.0 Å². The van der Waals surface area contributed by atoms with Gasteiger partial charge >= 0.3 is 11.9 Å². The second-order valence-corrected chi connectivity index (χ2v) is 7.79. The summed E-state index contributed by atoms with van der Waals surface area (Å²) in [4.78, 5) is 23.7. The molecule has 33 heavy (non-hydrogen) atoms. The molecule has 5 heteroatoms. The summed E-state index contributed by atoms with van der Waals surface area (Å²) in [5, 5.41) is 1.56. The molecule has 4 rings (SSSR count). The summed E-state index contributed by atoms with van der Waals surface area (Å²) < 4.78 is 10.9. The number of hydrogen-bond donors (Lipinski definition) is 0. The van der Waals surface area contributed by atoms with E-state index in [1.165, 1.54) is 13.8 Å².